The Morgan fingerprint density at radius 1 is 1.45 bits per heavy atom. The number of hydrogen-bond donors (Lipinski definition) is 4. The summed E-state index contributed by atoms with van der Waals surface area (Å²) in [6, 6.07) is 1.08. The van der Waals surface area contributed by atoms with Crippen LogP contribution in [0.15, 0.2) is 21.9 Å². The van der Waals surface area contributed by atoms with Crippen molar-refractivity contribution < 1.29 is 24.9 Å². The van der Waals surface area contributed by atoms with Gasteiger partial charge in [-0.15, -0.1) is 0 Å². The highest BCUT2D eigenvalue weighted by atomic mass is 16.5. The Balaban J connectivity index is 2.39. The summed E-state index contributed by atoms with van der Waals surface area (Å²) in [5.41, 5.74) is -1.37. The lowest BCUT2D eigenvalue weighted by Gasteiger charge is -2.19. The van der Waals surface area contributed by atoms with Gasteiger partial charge < -0.3 is 20.1 Å². The van der Waals surface area contributed by atoms with Crippen LogP contribution in [-0.2, 0) is 9.53 Å². The van der Waals surface area contributed by atoms with Gasteiger partial charge in [0.1, 0.15) is 12.3 Å². The van der Waals surface area contributed by atoms with Crippen LogP contribution in [0.1, 0.15) is 12.6 Å². The number of aromatic nitrogens is 2. The van der Waals surface area contributed by atoms with Crippen molar-refractivity contribution in [3.63, 3.8) is 0 Å². The molecule has 0 radical (unpaired) electrons. The van der Waals surface area contributed by atoms with Crippen molar-refractivity contribution in [3.8, 4) is 0 Å². The molecule has 4 N–H and O–H groups in total. The average Bonchev–Trinajstić information content (AvgIpc) is 2.66. The van der Waals surface area contributed by atoms with E-state index < -0.39 is 54.6 Å². The van der Waals surface area contributed by atoms with Gasteiger partial charge in [-0.05, 0) is 0 Å². The Hall–Kier alpha value is -1.97. The summed E-state index contributed by atoms with van der Waals surface area (Å²) in [5, 5.41) is 27.9. The van der Waals surface area contributed by atoms with Crippen LogP contribution < -0.4 is 11.2 Å². The highest BCUT2D eigenvalue weighted by Crippen LogP contribution is 2.35. The fourth-order valence-corrected chi connectivity index (χ4v) is 2.28. The summed E-state index contributed by atoms with van der Waals surface area (Å²) in [7, 11) is 0. The van der Waals surface area contributed by atoms with Crippen molar-refractivity contribution in [1.29, 1.82) is 0 Å². The normalized spacial score (nSPS) is 29.5. The van der Waals surface area contributed by atoms with E-state index in [0.29, 0.717) is 0 Å². The van der Waals surface area contributed by atoms with E-state index >= 15 is 0 Å². The Kier molecular flexibility index (Phi) is 4.02. The molecule has 1 aliphatic rings. The Labute approximate surface area is 112 Å². The summed E-state index contributed by atoms with van der Waals surface area (Å²) in [5.74, 6) is -2.08. The fourth-order valence-electron chi connectivity index (χ4n) is 2.28. The molecule has 110 valence electrons. The molecule has 20 heavy (non-hydrogen) atoms. The van der Waals surface area contributed by atoms with Gasteiger partial charge >= 0.3 is 11.7 Å². The molecular weight excluding hydrogens is 272 g/mol. The van der Waals surface area contributed by atoms with Crippen LogP contribution in [0.3, 0.4) is 0 Å². The number of H-pyrrole nitrogens is 1. The number of nitrogens with zero attached hydrogens (tertiary/aromatic N) is 1. The predicted octanol–water partition coefficient (Wildman–Crippen LogP) is -2.12. The number of aliphatic hydroxyl groups excluding tert-OH is 2. The summed E-state index contributed by atoms with van der Waals surface area (Å²) < 4.78 is 6.31. The fraction of sp³-hybridized carbons (Fsp3) is 0.545. The number of nitrogens with one attached hydrogen (secondary N) is 1. The number of aliphatic hydroxyl groups is 2. The van der Waals surface area contributed by atoms with Crippen LogP contribution in [-0.4, -0.2) is 49.7 Å². The van der Waals surface area contributed by atoms with Crippen molar-refractivity contribution in [3.05, 3.63) is 33.1 Å². The zero-order valence-electron chi connectivity index (χ0n) is 10.3. The van der Waals surface area contributed by atoms with Gasteiger partial charge in [-0.1, -0.05) is 0 Å². The van der Waals surface area contributed by atoms with Gasteiger partial charge in [0.05, 0.1) is 19.1 Å². The largest absolute Gasteiger partial charge is 0.481 e. The lowest BCUT2D eigenvalue weighted by atomic mass is 9.96. The average molecular weight is 286 g/mol. The van der Waals surface area contributed by atoms with Gasteiger partial charge in [-0.3, -0.25) is 19.1 Å². The molecule has 2 rings (SSSR count). The lowest BCUT2D eigenvalue weighted by molar-refractivity contribution is -0.139. The third-order valence-electron chi connectivity index (χ3n) is 3.22. The van der Waals surface area contributed by atoms with E-state index in [1.165, 1.54) is 0 Å². The molecule has 0 amide bonds. The van der Waals surface area contributed by atoms with Crippen molar-refractivity contribution in [1.82, 2.24) is 9.55 Å². The maximum absolute atomic E-state index is 11.7. The third-order valence-corrected chi connectivity index (χ3v) is 3.22. The number of carboxylic acids is 1. The summed E-state index contributed by atoms with van der Waals surface area (Å²) in [6.07, 6.45) is -2.55. The maximum Gasteiger partial charge on any atom is 0.330 e. The number of rotatable bonds is 4. The standard InChI is InChI=1S/C11H14N2O7/c14-4-6-9(18)5(3-8(16)17)10(20-6)13-2-1-7(15)12-11(13)19/h1-2,5-6,9-10,14,18H,3-4H2,(H,16,17)(H,12,15,19)/t5?,6-,9+,10-/m1/s1. The van der Waals surface area contributed by atoms with Crippen molar-refractivity contribution in [2.24, 2.45) is 5.92 Å². The van der Waals surface area contributed by atoms with Crippen LogP contribution in [0.5, 0.6) is 0 Å². The second-order valence-corrected chi connectivity index (χ2v) is 4.52. The van der Waals surface area contributed by atoms with Crippen LogP contribution >= 0.6 is 0 Å². The van der Waals surface area contributed by atoms with E-state index in [-0.39, 0.29) is 0 Å². The first kappa shape index (κ1) is 14.4. The van der Waals surface area contributed by atoms with Gasteiger partial charge in [0.15, 0.2) is 0 Å². The van der Waals surface area contributed by atoms with Crippen molar-refractivity contribution >= 4 is 5.97 Å². The summed E-state index contributed by atoms with van der Waals surface area (Å²) in [4.78, 5) is 35.6. The summed E-state index contributed by atoms with van der Waals surface area (Å²) >= 11 is 0. The molecular formula is C11H14N2O7. The Morgan fingerprint density at radius 2 is 2.15 bits per heavy atom. The van der Waals surface area contributed by atoms with E-state index in [0.717, 1.165) is 16.8 Å². The van der Waals surface area contributed by atoms with Crippen molar-refractivity contribution in [2.45, 2.75) is 24.9 Å². The minimum atomic E-state index is -1.22. The van der Waals surface area contributed by atoms with Crippen LogP contribution in [0, 0.1) is 5.92 Å². The molecule has 1 aliphatic heterocycles. The lowest BCUT2D eigenvalue weighted by Crippen LogP contribution is -2.35. The molecule has 0 aromatic carbocycles. The molecule has 0 aliphatic carbocycles. The zero-order chi connectivity index (χ0) is 14.9. The quantitative estimate of drug-likeness (QED) is 0.495. The highest BCUT2D eigenvalue weighted by molar-refractivity contribution is 5.67. The van der Waals surface area contributed by atoms with Crippen LogP contribution in [0.25, 0.3) is 0 Å². The van der Waals surface area contributed by atoms with Gasteiger partial charge in [0.25, 0.3) is 5.56 Å². The molecule has 0 saturated carbocycles. The Bertz CT molecular complexity index is 607. The topological polar surface area (TPSA) is 142 Å². The number of carboxylic acid groups (broad SMARTS) is 1. The second-order valence-electron chi connectivity index (χ2n) is 4.52. The molecule has 1 unspecified atom stereocenters. The molecule has 1 aromatic heterocycles. The first-order valence-electron chi connectivity index (χ1n) is 5.91. The molecule has 0 spiro atoms. The van der Waals surface area contributed by atoms with E-state index in [1.807, 2.05) is 4.98 Å². The number of hydrogen-bond acceptors (Lipinski definition) is 6. The van der Waals surface area contributed by atoms with E-state index in [9.17, 15) is 19.5 Å². The summed E-state index contributed by atoms with van der Waals surface area (Å²) in [6.45, 7) is -0.508. The number of aromatic amines is 1. The third kappa shape index (κ3) is 2.64. The molecule has 0 bridgehead atoms. The minimum absolute atomic E-state index is 0.437. The van der Waals surface area contributed by atoms with Gasteiger partial charge in [-0.25, -0.2) is 4.79 Å². The molecule has 1 aromatic rings. The number of aliphatic carboxylic acids is 1. The van der Waals surface area contributed by atoms with Gasteiger partial charge in [-0.2, -0.15) is 0 Å². The van der Waals surface area contributed by atoms with Gasteiger partial charge in [0, 0.05) is 18.2 Å². The molecule has 1 fully saturated rings. The van der Waals surface area contributed by atoms with E-state index in [4.69, 9.17) is 14.9 Å². The predicted molar refractivity (Wildman–Crippen MR) is 64.1 cm³/mol. The van der Waals surface area contributed by atoms with Crippen LogP contribution in [0.4, 0.5) is 0 Å². The molecule has 9 heteroatoms. The first-order valence-corrected chi connectivity index (χ1v) is 5.91. The number of carbonyl (C=O) groups is 1. The monoisotopic (exact) mass is 286 g/mol. The Morgan fingerprint density at radius 3 is 2.70 bits per heavy atom. The molecule has 2 heterocycles. The maximum atomic E-state index is 11.7. The molecule has 4 atom stereocenters. The van der Waals surface area contributed by atoms with Gasteiger partial charge in [0.2, 0.25) is 0 Å². The first-order chi connectivity index (χ1) is 9.43. The van der Waals surface area contributed by atoms with E-state index in [2.05, 4.69) is 0 Å². The highest BCUT2D eigenvalue weighted by Gasteiger charge is 2.45. The number of ether oxygens (including phenoxy) is 1. The molecule has 1 saturated heterocycles. The van der Waals surface area contributed by atoms with Crippen LogP contribution in [0.2, 0.25) is 0 Å². The smallest absolute Gasteiger partial charge is 0.330 e. The molecule has 9 nitrogen and oxygen atoms in total. The minimum Gasteiger partial charge on any atom is -0.481 e. The SMILES string of the molecule is O=C(O)CC1[C@H](n2ccc(=O)[nH]c2=O)O[C@H](CO)[C@H]1O. The second kappa shape index (κ2) is 5.57. The zero-order valence-corrected chi connectivity index (χ0v) is 10.3. The van der Waals surface area contributed by atoms with E-state index in [1.54, 1.807) is 0 Å². The van der Waals surface area contributed by atoms with Crippen molar-refractivity contribution in [2.75, 3.05) is 6.61 Å².